The predicted octanol–water partition coefficient (Wildman–Crippen LogP) is 2.05. The smallest absolute Gasteiger partial charge is 0.260 e. The maximum atomic E-state index is 11.9. The minimum atomic E-state index is -0.705. The molecule has 0 fully saturated rings. The number of benzene rings is 1. The summed E-state index contributed by atoms with van der Waals surface area (Å²) in [5.74, 6) is 0.861. The van der Waals surface area contributed by atoms with Gasteiger partial charge in [0.1, 0.15) is 0 Å². The van der Waals surface area contributed by atoms with E-state index in [0.717, 1.165) is 0 Å². The number of hydrogen-bond donors (Lipinski definition) is 1. The molecule has 5 heteroatoms. The van der Waals surface area contributed by atoms with E-state index in [0.29, 0.717) is 30.1 Å². The second-order valence-electron chi connectivity index (χ2n) is 4.90. The van der Waals surface area contributed by atoms with Crippen LogP contribution in [0, 0.1) is 5.92 Å². The van der Waals surface area contributed by atoms with Gasteiger partial charge in [0.05, 0.1) is 12.7 Å². The summed E-state index contributed by atoms with van der Waals surface area (Å²) in [6.45, 7) is 6.24. The van der Waals surface area contributed by atoms with Crippen LogP contribution in [0.1, 0.15) is 31.1 Å². The Morgan fingerprint density at radius 2 is 2.05 bits per heavy atom. The molecule has 1 unspecified atom stereocenters. The van der Waals surface area contributed by atoms with Gasteiger partial charge in [-0.05, 0) is 25.0 Å². The van der Waals surface area contributed by atoms with Crippen molar-refractivity contribution in [1.82, 2.24) is 5.32 Å². The van der Waals surface area contributed by atoms with Crippen molar-refractivity contribution in [2.45, 2.75) is 26.9 Å². The Bertz CT molecular complexity index is 471. The molecule has 0 heterocycles. The van der Waals surface area contributed by atoms with Gasteiger partial charge in [-0.1, -0.05) is 19.9 Å². The lowest BCUT2D eigenvalue weighted by Gasteiger charge is -2.18. The van der Waals surface area contributed by atoms with E-state index in [4.69, 9.17) is 9.47 Å². The highest BCUT2D eigenvalue weighted by Crippen LogP contribution is 2.30. The fourth-order valence-electron chi connectivity index (χ4n) is 1.59. The summed E-state index contributed by atoms with van der Waals surface area (Å²) in [6.07, 6.45) is -0.0277. The number of aldehydes is 1. The van der Waals surface area contributed by atoms with Gasteiger partial charge in [0.25, 0.3) is 5.91 Å². The lowest BCUT2D eigenvalue weighted by atomic mass is 10.2. The molecule has 1 atom stereocenters. The topological polar surface area (TPSA) is 64.6 Å². The highest BCUT2D eigenvalue weighted by molar-refractivity contribution is 5.83. The van der Waals surface area contributed by atoms with Crippen LogP contribution in [0.5, 0.6) is 11.5 Å². The molecule has 0 aliphatic rings. The number of carbonyl (C=O) groups excluding carboxylic acids is 2. The monoisotopic (exact) mass is 279 g/mol. The largest absolute Gasteiger partial charge is 0.493 e. The number of nitrogens with one attached hydrogen (secondary N) is 1. The second-order valence-corrected chi connectivity index (χ2v) is 4.90. The van der Waals surface area contributed by atoms with E-state index in [1.54, 1.807) is 25.1 Å². The molecule has 0 aliphatic carbocycles. The molecule has 0 aromatic heterocycles. The first-order chi connectivity index (χ1) is 9.49. The first-order valence-electron chi connectivity index (χ1n) is 6.56. The second kappa shape index (κ2) is 7.53. The van der Waals surface area contributed by atoms with E-state index in [2.05, 4.69) is 5.32 Å². The Hall–Kier alpha value is -2.04. The van der Waals surface area contributed by atoms with Crippen LogP contribution in [0.4, 0.5) is 0 Å². The molecular weight excluding hydrogens is 258 g/mol. The van der Waals surface area contributed by atoms with E-state index in [-0.39, 0.29) is 11.7 Å². The molecule has 1 N–H and O–H groups in total. The SMILES string of the molecule is COc1cccc(C=O)c1OC(C)C(=O)NCC(C)C. The van der Waals surface area contributed by atoms with Gasteiger partial charge in [-0.3, -0.25) is 9.59 Å². The normalized spacial score (nSPS) is 11.8. The van der Waals surface area contributed by atoms with Gasteiger partial charge >= 0.3 is 0 Å². The molecular formula is C15H21NO4. The quantitative estimate of drug-likeness (QED) is 0.776. The van der Waals surface area contributed by atoms with Gasteiger partial charge in [-0.2, -0.15) is 0 Å². The molecule has 0 saturated carbocycles. The van der Waals surface area contributed by atoms with E-state index < -0.39 is 6.10 Å². The number of amides is 1. The molecule has 110 valence electrons. The average molecular weight is 279 g/mol. The van der Waals surface area contributed by atoms with Crippen molar-refractivity contribution >= 4 is 12.2 Å². The van der Waals surface area contributed by atoms with Gasteiger partial charge in [0, 0.05) is 6.54 Å². The number of ether oxygens (including phenoxy) is 2. The molecule has 1 rings (SSSR count). The first kappa shape index (κ1) is 16.0. The Morgan fingerprint density at radius 3 is 2.60 bits per heavy atom. The van der Waals surface area contributed by atoms with Crippen molar-refractivity contribution in [1.29, 1.82) is 0 Å². The zero-order valence-electron chi connectivity index (χ0n) is 12.3. The first-order valence-corrected chi connectivity index (χ1v) is 6.56. The Morgan fingerprint density at radius 1 is 1.35 bits per heavy atom. The third-order valence-electron chi connectivity index (χ3n) is 2.70. The molecule has 1 aromatic rings. The number of methoxy groups -OCH3 is 1. The summed E-state index contributed by atoms with van der Waals surface area (Å²) in [5.41, 5.74) is 0.354. The lowest BCUT2D eigenvalue weighted by molar-refractivity contribution is -0.127. The highest BCUT2D eigenvalue weighted by Gasteiger charge is 2.19. The van der Waals surface area contributed by atoms with E-state index >= 15 is 0 Å². The average Bonchev–Trinajstić information content (AvgIpc) is 2.44. The molecule has 0 saturated heterocycles. The minimum absolute atomic E-state index is 0.221. The molecule has 0 spiro atoms. The number of carbonyl (C=O) groups is 2. The van der Waals surface area contributed by atoms with Crippen LogP contribution < -0.4 is 14.8 Å². The molecule has 0 aliphatic heterocycles. The number of rotatable bonds is 7. The molecule has 20 heavy (non-hydrogen) atoms. The maximum absolute atomic E-state index is 11.9. The summed E-state index contributed by atoms with van der Waals surface area (Å²) in [7, 11) is 1.49. The molecule has 5 nitrogen and oxygen atoms in total. The summed E-state index contributed by atoms with van der Waals surface area (Å²) >= 11 is 0. The van der Waals surface area contributed by atoms with Crippen LogP contribution >= 0.6 is 0 Å². The van der Waals surface area contributed by atoms with Crippen LogP contribution in [0.3, 0.4) is 0 Å². The van der Waals surface area contributed by atoms with Crippen LogP contribution in [0.2, 0.25) is 0 Å². The third kappa shape index (κ3) is 4.26. The molecule has 0 radical (unpaired) electrons. The number of hydrogen-bond acceptors (Lipinski definition) is 4. The van der Waals surface area contributed by atoms with Crippen molar-refractivity contribution in [3.8, 4) is 11.5 Å². The maximum Gasteiger partial charge on any atom is 0.260 e. The van der Waals surface area contributed by atoms with E-state index in [1.807, 2.05) is 13.8 Å². The fraction of sp³-hybridized carbons (Fsp3) is 0.467. The zero-order chi connectivity index (χ0) is 15.1. The van der Waals surface area contributed by atoms with Crippen LogP contribution in [0.15, 0.2) is 18.2 Å². The summed E-state index contributed by atoms with van der Waals surface area (Å²) < 4.78 is 10.7. The van der Waals surface area contributed by atoms with Crippen molar-refractivity contribution < 1.29 is 19.1 Å². The fourth-order valence-corrected chi connectivity index (χ4v) is 1.59. The van der Waals surface area contributed by atoms with Crippen LogP contribution in [0.25, 0.3) is 0 Å². The lowest BCUT2D eigenvalue weighted by Crippen LogP contribution is -2.38. The van der Waals surface area contributed by atoms with Gasteiger partial charge in [-0.15, -0.1) is 0 Å². The van der Waals surface area contributed by atoms with Crippen molar-refractivity contribution in [2.75, 3.05) is 13.7 Å². The van der Waals surface area contributed by atoms with Crippen molar-refractivity contribution in [3.05, 3.63) is 23.8 Å². The Kier molecular flexibility index (Phi) is 6.03. The summed E-state index contributed by atoms with van der Waals surface area (Å²) in [4.78, 5) is 22.9. The van der Waals surface area contributed by atoms with Gasteiger partial charge in [0.15, 0.2) is 23.9 Å². The van der Waals surface area contributed by atoms with Gasteiger partial charge < -0.3 is 14.8 Å². The molecule has 1 aromatic carbocycles. The number of para-hydroxylation sites is 1. The Balaban J connectivity index is 2.81. The van der Waals surface area contributed by atoms with Gasteiger partial charge in [0.2, 0.25) is 0 Å². The molecule has 0 bridgehead atoms. The summed E-state index contributed by atoms with van der Waals surface area (Å²) in [6, 6.07) is 4.99. The predicted molar refractivity (Wildman–Crippen MR) is 76.3 cm³/mol. The van der Waals surface area contributed by atoms with Crippen molar-refractivity contribution in [3.63, 3.8) is 0 Å². The standard InChI is InChI=1S/C15H21NO4/c1-10(2)8-16-15(18)11(3)20-14-12(9-17)6-5-7-13(14)19-4/h5-7,9-11H,8H2,1-4H3,(H,16,18). The summed E-state index contributed by atoms with van der Waals surface area (Å²) in [5, 5.41) is 2.78. The zero-order valence-corrected chi connectivity index (χ0v) is 12.3. The van der Waals surface area contributed by atoms with Crippen LogP contribution in [-0.4, -0.2) is 32.0 Å². The van der Waals surface area contributed by atoms with Crippen LogP contribution in [-0.2, 0) is 4.79 Å². The Labute approximate surface area is 119 Å². The van der Waals surface area contributed by atoms with Gasteiger partial charge in [-0.25, -0.2) is 0 Å². The highest BCUT2D eigenvalue weighted by atomic mass is 16.5. The van der Waals surface area contributed by atoms with Crippen molar-refractivity contribution in [2.24, 2.45) is 5.92 Å². The minimum Gasteiger partial charge on any atom is -0.493 e. The van der Waals surface area contributed by atoms with E-state index in [9.17, 15) is 9.59 Å². The molecule has 1 amide bonds. The third-order valence-corrected chi connectivity index (χ3v) is 2.70. The van der Waals surface area contributed by atoms with E-state index in [1.165, 1.54) is 7.11 Å².